The van der Waals surface area contributed by atoms with E-state index in [1.165, 1.54) is 16.7 Å². The molecule has 2 N–H and O–H groups in total. The molecule has 2 aromatic rings. The standard InChI is InChI=1S/C21H22N2O4S2/c24-14-16(12-15-6-2-1-3-7-15)22-19(25)9-4-10-23-20(26)18(29-21(23)28)13-17-8-5-11-27-17/h1-3,5-8,11,13,16,24H,4,9-10,12,14H2,(H,22,25)/b18-13-. The minimum atomic E-state index is -0.335. The van der Waals surface area contributed by atoms with Crippen LogP contribution in [0.1, 0.15) is 24.2 Å². The molecule has 1 aliphatic rings. The highest BCUT2D eigenvalue weighted by Crippen LogP contribution is 2.32. The Morgan fingerprint density at radius 2 is 2.07 bits per heavy atom. The maximum atomic E-state index is 12.5. The van der Waals surface area contributed by atoms with Crippen molar-refractivity contribution in [2.24, 2.45) is 0 Å². The van der Waals surface area contributed by atoms with Crippen molar-refractivity contribution in [1.82, 2.24) is 10.2 Å². The molecule has 1 atom stereocenters. The average molecular weight is 431 g/mol. The highest BCUT2D eigenvalue weighted by atomic mass is 32.2. The van der Waals surface area contributed by atoms with Gasteiger partial charge in [0.05, 0.1) is 23.8 Å². The Morgan fingerprint density at radius 3 is 2.76 bits per heavy atom. The van der Waals surface area contributed by atoms with Gasteiger partial charge in [0.15, 0.2) is 0 Å². The number of thioether (sulfide) groups is 1. The summed E-state index contributed by atoms with van der Waals surface area (Å²) in [5.41, 5.74) is 1.05. The van der Waals surface area contributed by atoms with Crippen LogP contribution >= 0.6 is 24.0 Å². The molecule has 0 radical (unpaired) electrons. The molecule has 2 heterocycles. The summed E-state index contributed by atoms with van der Waals surface area (Å²) in [5, 5.41) is 12.4. The van der Waals surface area contributed by atoms with E-state index in [9.17, 15) is 14.7 Å². The van der Waals surface area contributed by atoms with Crippen LogP contribution in [0.2, 0.25) is 0 Å². The van der Waals surface area contributed by atoms with Gasteiger partial charge in [0, 0.05) is 19.0 Å². The van der Waals surface area contributed by atoms with Gasteiger partial charge in [-0.25, -0.2) is 0 Å². The summed E-state index contributed by atoms with van der Waals surface area (Å²) in [6.45, 7) is 0.239. The summed E-state index contributed by atoms with van der Waals surface area (Å²) in [5.74, 6) is 0.268. The molecule has 2 amide bonds. The van der Waals surface area contributed by atoms with Crippen molar-refractivity contribution in [1.29, 1.82) is 0 Å². The second kappa shape index (κ2) is 10.4. The van der Waals surface area contributed by atoms with Crippen LogP contribution < -0.4 is 5.32 Å². The van der Waals surface area contributed by atoms with Crippen LogP contribution in [0.15, 0.2) is 58.1 Å². The van der Waals surface area contributed by atoms with Gasteiger partial charge in [-0.3, -0.25) is 14.5 Å². The van der Waals surface area contributed by atoms with Gasteiger partial charge in [-0.1, -0.05) is 54.3 Å². The van der Waals surface area contributed by atoms with E-state index >= 15 is 0 Å². The van der Waals surface area contributed by atoms with Gasteiger partial charge < -0.3 is 14.8 Å². The maximum Gasteiger partial charge on any atom is 0.266 e. The van der Waals surface area contributed by atoms with E-state index in [0.29, 0.717) is 34.4 Å². The van der Waals surface area contributed by atoms with Crippen molar-refractivity contribution >= 4 is 46.2 Å². The molecule has 3 rings (SSSR count). The lowest BCUT2D eigenvalue weighted by Crippen LogP contribution is -2.39. The summed E-state index contributed by atoms with van der Waals surface area (Å²) >= 11 is 6.52. The molecule has 1 fully saturated rings. The molecule has 6 nitrogen and oxygen atoms in total. The smallest absolute Gasteiger partial charge is 0.266 e. The second-order valence-electron chi connectivity index (χ2n) is 6.59. The Hall–Kier alpha value is -2.42. The molecule has 29 heavy (non-hydrogen) atoms. The van der Waals surface area contributed by atoms with Crippen LogP contribution in [-0.4, -0.2) is 45.3 Å². The van der Waals surface area contributed by atoms with Crippen LogP contribution in [0.25, 0.3) is 6.08 Å². The zero-order chi connectivity index (χ0) is 20.6. The van der Waals surface area contributed by atoms with E-state index in [0.717, 1.165) is 5.56 Å². The van der Waals surface area contributed by atoms with Gasteiger partial charge in [0.25, 0.3) is 5.91 Å². The molecule has 1 aliphatic heterocycles. The number of furan rings is 1. The largest absolute Gasteiger partial charge is 0.465 e. The van der Waals surface area contributed by atoms with Crippen molar-refractivity contribution in [3.8, 4) is 0 Å². The highest BCUT2D eigenvalue weighted by Gasteiger charge is 2.31. The number of hydrogen-bond acceptors (Lipinski definition) is 6. The van der Waals surface area contributed by atoms with E-state index in [1.54, 1.807) is 24.5 Å². The van der Waals surface area contributed by atoms with Crippen molar-refractivity contribution < 1.29 is 19.1 Å². The minimum Gasteiger partial charge on any atom is -0.465 e. The Bertz CT molecular complexity index is 881. The van der Waals surface area contributed by atoms with Crippen molar-refractivity contribution in [2.45, 2.75) is 25.3 Å². The molecule has 1 aromatic carbocycles. The van der Waals surface area contributed by atoms with Gasteiger partial charge in [0.2, 0.25) is 5.91 Å². The number of carbonyl (C=O) groups is 2. The van der Waals surface area contributed by atoms with Crippen LogP contribution in [0, 0.1) is 0 Å². The first kappa shape index (κ1) is 21.3. The second-order valence-corrected chi connectivity index (χ2v) is 8.26. The van der Waals surface area contributed by atoms with Crippen molar-refractivity contribution in [2.75, 3.05) is 13.2 Å². The van der Waals surface area contributed by atoms with Crippen LogP contribution in [-0.2, 0) is 16.0 Å². The summed E-state index contributed by atoms with van der Waals surface area (Å²) in [6, 6.07) is 12.9. The SMILES string of the molecule is O=C(CCCN1C(=O)/C(=C/c2ccco2)SC1=S)NC(CO)Cc1ccccc1. The van der Waals surface area contributed by atoms with Gasteiger partial charge in [-0.05, 0) is 30.5 Å². The number of hydrogen-bond donors (Lipinski definition) is 2. The average Bonchev–Trinajstić information content (AvgIpc) is 3.32. The lowest BCUT2D eigenvalue weighted by atomic mass is 10.1. The summed E-state index contributed by atoms with van der Waals surface area (Å²) in [7, 11) is 0. The molecule has 8 heteroatoms. The summed E-state index contributed by atoms with van der Waals surface area (Å²) < 4.78 is 5.72. The number of thiocarbonyl (C=S) groups is 1. The number of rotatable bonds is 9. The molecule has 1 aromatic heterocycles. The molecule has 1 unspecified atom stereocenters. The summed E-state index contributed by atoms with van der Waals surface area (Å²) in [4.78, 5) is 26.8. The molecule has 0 saturated carbocycles. The van der Waals surface area contributed by atoms with Gasteiger partial charge in [-0.2, -0.15) is 0 Å². The first-order chi connectivity index (χ1) is 14.1. The molecule has 0 spiro atoms. The molecule has 0 bridgehead atoms. The molecular formula is C21H22N2O4S2. The molecule has 1 saturated heterocycles. The fourth-order valence-corrected chi connectivity index (χ4v) is 4.24. The lowest BCUT2D eigenvalue weighted by Gasteiger charge is -2.17. The fourth-order valence-electron chi connectivity index (χ4n) is 2.95. The van der Waals surface area contributed by atoms with Crippen molar-refractivity contribution in [3.05, 3.63) is 65.0 Å². The molecule has 152 valence electrons. The lowest BCUT2D eigenvalue weighted by molar-refractivity contribution is -0.124. The van der Waals surface area contributed by atoms with Crippen LogP contribution in [0.5, 0.6) is 0 Å². The fraction of sp³-hybridized carbons (Fsp3) is 0.286. The van der Waals surface area contributed by atoms with Crippen LogP contribution in [0.4, 0.5) is 0 Å². The Balaban J connectivity index is 1.46. The van der Waals surface area contributed by atoms with Gasteiger partial charge in [0.1, 0.15) is 10.1 Å². The van der Waals surface area contributed by atoms with E-state index in [4.69, 9.17) is 16.6 Å². The Labute approximate surface area is 179 Å². The normalized spacial score (nSPS) is 16.4. The van der Waals surface area contributed by atoms with Gasteiger partial charge >= 0.3 is 0 Å². The minimum absolute atomic E-state index is 0.132. The number of amides is 2. The van der Waals surface area contributed by atoms with Crippen LogP contribution in [0.3, 0.4) is 0 Å². The third-order valence-electron chi connectivity index (χ3n) is 4.39. The zero-order valence-corrected chi connectivity index (χ0v) is 17.4. The molecular weight excluding hydrogens is 408 g/mol. The third kappa shape index (κ3) is 6.03. The predicted molar refractivity (Wildman–Crippen MR) is 117 cm³/mol. The zero-order valence-electron chi connectivity index (χ0n) is 15.7. The van der Waals surface area contributed by atoms with Crippen molar-refractivity contribution in [3.63, 3.8) is 0 Å². The van der Waals surface area contributed by atoms with E-state index < -0.39 is 0 Å². The summed E-state index contributed by atoms with van der Waals surface area (Å²) in [6.07, 6.45) is 4.51. The number of aliphatic hydroxyl groups is 1. The monoisotopic (exact) mass is 430 g/mol. The third-order valence-corrected chi connectivity index (χ3v) is 5.76. The van der Waals surface area contributed by atoms with Gasteiger partial charge in [-0.15, -0.1) is 0 Å². The Kier molecular flexibility index (Phi) is 7.62. The first-order valence-corrected chi connectivity index (χ1v) is 10.5. The maximum absolute atomic E-state index is 12.5. The molecule has 0 aliphatic carbocycles. The quantitative estimate of drug-likeness (QED) is 0.470. The number of nitrogens with one attached hydrogen (secondary N) is 1. The van der Waals surface area contributed by atoms with E-state index in [-0.39, 0.29) is 30.9 Å². The first-order valence-electron chi connectivity index (χ1n) is 9.30. The highest BCUT2D eigenvalue weighted by molar-refractivity contribution is 8.26. The topological polar surface area (TPSA) is 82.8 Å². The Morgan fingerprint density at radius 1 is 1.28 bits per heavy atom. The number of aliphatic hydroxyl groups excluding tert-OH is 1. The number of nitrogens with zero attached hydrogens (tertiary/aromatic N) is 1. The number of carbonyl (C=O) groups excluding carboxylic acids is 2. The van der Waals surface area contributed by atoms with E-state index in [1.807, 2.05) is 30.3 Å². The predicted octanol–water partition coefficient (Wildman–Crippen LogP) is 2.98. The van der Waals surface area contributed by atoms with E-state index in [2.05, 4.69) is 5.32 Å². The number of benzene rings is 1.